The Hall–Kier alpha value is -3.13. The quantitative estimate of drug-likeness (QED) is 0.683. The molecule has 1 aromatic heterocycles. The van der Waals surface area contributed by atoms with Gasteiger partial charge in [0, 0.05) is 53.9 Å². The SMILES string of the molecule is COC1=N[C@H](C)C(c2cnc(N3CCC(N)CC3)nc2-c2ccc(N)cc2)=CN1. The van der Waals surface area contributed by atoms with Gasteiger partial charge in [0.1, 0.15) is 0 Å². The average Bonchev–Trinajstić information content (AvgIpc) is 2.74. The van der Waals surface area contributed by atoms with Crippen LogP contribution in [0.1, 0.15) is 25.3 Å². The van der Waals surface area contributed by atoms with Crippen LogP contribution >= 0.6 is 0 Å². The molecule has 3 heterocycles. The molecule has 0 amide bonds. The fraction of sp³-hybridized carbons (Fsp3) is 0.381. The normalized spacial score (nSPS) is 20.0. The summed E-state index contributed by atoms with van der Waals surface area (Å²) in [4.78, 5) is 16.4. The number of aromatic nitrogens is 2. The lowest BCUT2D eigenvalue weighted by Crippen LogP contribution is -2.40. The predicted molar refractivity (Wildman–Crippen MR) is 116 cm³/mol. The highest BCUT2D eigenvalue weighted by atomic mass is 16.5. The zero-order valence-corrected chi connectivity index (χ0v) is 16.8. The van der Waals surface area contributed by atoms with Crippen LogP contribution in [0, 0.1) is 0 Å². The second-order valence-electron chi connectivity index (χ2n) is 7.44. The first-order chi connectivity index (χ1) is 14.0. The summed E-state index contributed by atoms with van der Waals surface area (Å²) in [5, 5.41) is 3.08. The number of nitrogens with one attached hydrogen (secondary N) is 1. The number of ether oxygens (including phenoxy) is 1. The molecule has 1 aromatic carbocycles. The molecule has 1 atom stereocenters. The molecular formula is C21H27N7O. The minimum atomic E-state index is -0.0823. The summed E-state index contributed by atoms with van der Waals surface area (Å²) in [6.07, 6.45) is 5.70. The Labute approximate surface area is 170 Å². The first-order valence-electron chi connectivity index (χ1n) is 9.87. The molecule has 0 bridgehead atoms. The van der Waals surface area contributed by atoms with E-state index in [1.165, 1.54) is 0 Å². The maximum absolute atomic E-state index is 6.05. The number of benzene rings is 1. The fourth-order valence-electron chi connectivity index (χ4n) is 3.65. The summed E-state index contributed by atoms with van der Waals surface area (Å²) in [6.45, 7) is 3.76. The molecule has 1 fully saturated rings. The minimum absolute atomic E-state index is 0.0823. The second-order valence-corrected chi connectivity index (χ2v) is 7.44. The Morgan fingerprint density at radius 3 is 2.55 bits per heavy atom. The minimum Gasteiger partial charge on any atom is -0.468 e. The largest absolute Gasteiger partial charge is 0.468 e. The molecule has 0 aliphatic carbocycles. The number of hydrogen-bond acceptors (Lipinski definition) is 8. The van der Waals surface area contributed by atoms with Crippen LogP contribution in [-0.4, -0.2) is 48.3 Å². The first kappa shape index (κ1) is 19.2. The third-order valence-electron chi connectivity index (χ3n) is 5.40. The van der Waals surface area contributed by atoms with Gasteiger partial charge in [0.25, 0.3) is 6.02 Å². The van der Waals surface area contributed by atoms with Gasteiger partial charge in [0.05, 0.1) is 18.8 Å². The van der Waals surface area contributed by atoms with Gasteiger partial charge in [-0.15, -0.1) is 0 Å². The van der Waals surface area contributed by atoms with Gasteiger partial charge in [0.15, 0.2) is 0 Å². The highest BCUT2D eigenvalue weighted by Gasteiger charge is 2.24. The van der Waals surface area contributed by atoms with Gasteiger partial charge >= 0.3 is 0 Å². The molecule has 0 radical (unpaired) electrons. The van der Waals surface area contributed by atoms with Crippen LogP contribution in [0.15, 0.2) is 41.7 Å². The molecule has 8 nitrogen and oxygen atoms in total. The number of methoxy groups -OCH3 is 1. The van der Waals surface area contributed by atoms with E-state index in [0.717, 1.165) is 60.0 Å². The van der Waals surface area contributed by atoms with Gasteiger partial charge in [-0.2, -0.15) is 0 Å². The Morgan fingerprint density at radius 1 is 1.17 bits per heavy atom. The van der Waals surface area contributed by atoms with Crippen molar-refractivity contribution in [1.29, 1.82) is 0 Å². The topological polar surface area (TPSA) is 115 Å². The van der Waals surface area contributed by atoms with E-state index >= 15 is 0 Å². The van der Waals surface area contributed by atoms with E-state index < -0.39 is 0 Å². The summed E-state index contributed by atoms with van der Waals surface area (Å²) in [5.74, 6) is 0.727. The lowest BCUT2D eigenvalue weighted by Gasteiger charge is -2.30. The highest BCUT2D eigenvalue weighted by molar-refractivity contribution is 5.87. The molecule has 0 spiro atoms. The molecular weight excluding hydrogens is 366 g/mol. The molecule has 2 aliphatic heterocycles. The number of nitrogen functional groups attached to an aromatic ring is 1. The molecule has 2 aromatic rings. The van der Waals surface area contributed by atoms with Crippen LogP contribution in [0.25, 0.3) is 16.8 Å². The molecule has 4 rings (SSSR count). The maximum Gasteiger partial charge on any atom is 0.289 e. The van der Waals surface area contributed by atoms with Crippen LogP contribution in [0.2, 0.25) is 0 Å². The van der Waals surface area contributed by atoms with Gasteiger partial charge < -0.3 is 26.4 Å². The van der Waals surface area contributed by atoms with E-state index in [2.05, 4.69) is 20.2 Å². The van der Waals surface area contributed by atoms with Crippen molar-refractivity contribution in [3.63, 3.8) is 0 Å². The molecule has 29 heavy (non-hydrogen) atoms. The van der Waals surface area contributed by atoms with E-state index in [1.807, 2.05) is 43.6 Å². The number of aliphatic imine (C=N–C) groups is 1. The Bertz CT molecular complexity index is 931. The number of rotatable bonds is 3. The summed E-state index contributed by atoms with van der Waals surface area (Å²) >= 11 is 0. The number of anilines is 2. The highest BCUT2D eigenvalue weighted by Crippen LogP contribution is 2.32. The zero-order valence-electron chi connectivity index (χ0n) is 16.8. The van der Waals surface area contributed by atoms with E-state index in [4.69, 9.17) is 21.2 Å². The fourth-order valence-corrected chi connectivity index (χ4v) is 3.65. The molecule has 152 valence electrons. The lowest BCUT2D eigenvalue weighted by molar-refractivity contribution is 0.382. The van der Waals surface area contributed by atoms with Crippen molar-refractivity contribution in [2.45, 2.75) is 31.8 Å². The first-order valence-corrected chi connectivity index (χ1v) is 9.87. The number of amidine groups is 1. The van der Waals surface area contributed by atoms with Crippen molar-refractivity contribution < 1.29 is 4.74 Å². The third-order valence-corrected chi connectivity index (χ3v) is 5.40. The van der Waals surface area contributed by atoms with Gasteiger partial charge in [-0.3, -0.25) is 0 Å². The van der Waals surface area contributed by atoms with Crippen LogP contribution in [0.4, 0.5) is 11.6 Å². The van der Waals surface area contributed by atoms with Gasteiger partial charge in [-0.05, 0) is 31.9 Å². The summed E-state index contributed by atoms with van der Waals surface area (Å²) in [5.41, 5.74) is 16.5. The van der Waals surface area contributed by atoms with Crippen molar-refractivity contribution in [2.75, 3.05) is 30.8 Å². The molecule has 8 heteroatoms. The molecule has 2 aliphatic rings. The standard InChI is InChI=1S/C21H27N7O/c1-13-17(11-25-21(26-13)29-2)18-12-24-20(28-9-7-16(23)8-10-28)27-19(18)14-3-5-15(22)6-4-14/h3-6,11-13,16H,7-10,22-23H2,1-2H3,(H,25,26)/t13-/m1/s1. The molecule has 5 N–H and O–H groups in total. The zero-order chi connectivity index (χ0) is 20.4. The molecule has 1 saturated heterocycles. The maximum atomic E-state index is 6.05. The summed E-state index contributed by atoms with van der Waals surface area (Å²) in [7, 11) is 1.60. The lowest BCUT2D eigenvalue weighted by atomic mass is 9.96. The summed E-state index contributed by atoms with van der Waals surface area (Å²) < 4.78 is 5.21. The number of nitrogens with two attached hydrogens (primary N) is 2. The number of piperidine rings is 1. The average molecular weight is 393 g/mol. The Kier molecular flexibility index (Phi) is 5.35. The van der Waals surface area contributed by atoms with Crippen molar-refractivity contribution in [2.24, 2.45) is 10.7 Å². The smallest absolute Gasteiger partial charge is 0.289 e. The Balaban J connectivity index is 1.75. The van der Waals surface area contributed by atoms with Gasteiger partial charge in [-0.1, -0.05) is 12.1 Å². The third kappa shape index (κ3) is 4.02. The van der Waals surface area contributed by atoms with Crippen molar-refractivity contribution in [1.82, 2.24) is 15.3 Å². The van der Waals surface area contributed by atoms with Crippen LogP contribution in [-0.2, 0) is 4.74 Å². The van der Waals surface area contributed by atoms with Crippen LogP contribution < -0.4 is 21.7 Å². The van der Waals surface area contributed by atoms with Crippen LogP contribution in [0.5, 0.6) is 0 Å². The molecule has 0 unspecified atom stereocenters. The van der Waals surface area contributed by atoms with E-state index in [1.54, 1.807) is 7.11 Å². The van der Waals surface area contributed by atoms with E-state index in [0.29, 0.717) is 6.02 Å². The van der Waals surface area contributed by atoms with Crippen molar-refractivity contribution in [3.05, 3.63) is 42.2 Å². The number of hydrogen-bond donors (Lipinski definition) is 3. The van der Waals surface area contributed by atoms with Gasteiger partial charge in [-0.25, -0.2) is 15.0 Å². The van der Waals surface area contributed by atoms with E-state index in [9.17, 15) is 0 Å². The Morgan fingerprint density at radius 2 is 1.90 bits per heavy atom. The molecule has 0 saturated carbocycles. The van der Waals surface area contributed by atoms with Gasteiger partial charge in [0.2, 0.25) is 5.95 Å². The van der Waals surface area contributed by atoms with Crippen LogP contribution in [0.3, 0.4) is 0 Å². The predicted octanol–water partition coefficient (Wildman–Crippen LogP) is 1.99. The van der Waals surface area contributed by atoms with E-state index in [-0.39, 0.29) is 12.1 Å². The van der Waals surface area contributed by atoms with Crippen molar-refractivity contribution in [3.8, 4) is 11.3 Å². The monoisotopic (exact) mass is 393 g/mol. The summed E-state index contributed by atoms with van der Waals surface area (Å²) in [6, 6.07) is 8.43. The second kappa shape index (κ2) is 8.08. The van der Waals surface area contributed by atoms with Crippen molar-refractivity contribution >= 4 is 23.2 Å². The number of nitrogens with zero attached hydrogens (tertiary/aromatic N) is 4.